The van der Waals surface area contributed by atoms with Crippen molar-refractivity contribution >= 4 is 151 Å². The van der Waals surface area contributed by atoms with Crippen LogP contribution >= 0.6 is 0 Å². The molecule has 0 amide bonds. The Morgan fingerprint density at radius 2 is 0.339 bits per heavy atom. The van der Waals surface area contributed by atoms with Crippen LogP contribution in [0.15, 0.2) is 309 Å². The number of pyridine rings is 6. The molecule has 118 heavy (non-hydrogen) atoms. The fraction of sp³-hybridized carbons (Fsp3) is 0.0625. The van der Waals surface area contributed by atoms with Crippen LogP contribution < -0.4 is 15.3 Å². The van der Waals surface area contributed by atoms with Crippen LogP contribution in [0.4, 0.5) is 0 Å². The normalized spacial score (nSPS) is 10.2. The van der Waals surface area contributed by atoms with Crippen LogP contribution in [0.5, 0.6) is 17.2 Å². The van der Waals surface area contributed by atoms with E-state index in [1.165, 1.54) is 0 Å². The first-order valence-electron chi connectivity index (χ1n) is 36.3. The second kappa shape index (κ2) is 40.9. The maximum atomic E-state index is 11.2. The Balaban J connectivity index is 0.000000151. The summed E-state index contributed by atoms with van der Waals surface area (Å²) in [6.45, 7) is 11.1. The molecule has 0 spiro atoms. The standard InChI is InChI=1S/6C11H9NO2.3C10H8O.Al/c6*1-7-5-6-8-3-2-4-9(11(13)14)10(8)12-7;3*11-10-7-3-5-8-4-1-2-6-9(8)10;/h6*2-6H,1H3,(H,13,14);3*1-7,11H;/q;;;;;;;;;+3/p-3. The Morgan fingerprint density at radius 1 is 0.195 bits per heavy atom. The van der Waals surface area contributed by atoms with Crippen LogP contribution in [0.1, 0.15) is 96.3 Å². The molecule has 0 radical (unpaired) electrons. The van der Waals surface area contributed by atoms with E-state index in [4.69, 9.17) is 30.6 Å². The molecule has 18 aromatic rings. The van der Waals surface area contributed by atoms with Gasteiger partial charge in [0.1, 0.15) is 0 Å². The van der Waals surface area contributed by atoms with E-state index in [9.17, 15) is 44.1 Å². The maximum Gasteiger partial charge on any atom is 3.00 e. The first kappa shape index (κ1) is 86.6. The smallest absolute Gasteiger partial charge is 0.872 e. The van der Waals surface area contributed by atoms with Crippen LogP contribution in [-0.2, 0) is 0 Å². The predicted molar refractivity (Wildman–Crippen MR) is 457 cm³/mol. The van der Waals surface area contributed by atoms with Gasteiger partial charge in [0.25, 0.3) is 0 Å². The zero-order valence-corrected chi connectivity index (χ0v) is 65.7. The number of benzene rings is 12. The SMILES string of the molecule is Cc1ccc2cccc(C(=O)O)c2n1.Cc1ccc2cccc(C(=O)O)c2n1.Cc1ccc2cccc(C(=O)O)c2n1.Cc1ccc2cccc(C(=O)O)c2n1.Cc1ccc2cccc(C(=O)O)c2n1.Cc1ccc2cccc(C(=O)O)c2n1.[Al+3].[O-]c1cccc2ccccc12.[O-]c1cccc2ccccc12.[O-]c1cccc2ccccc12. The molecule has 0 saturated carbocycles. The fourth-order valence-corrected chi connectivity index (χ4v) is 12.1. The molecule has 21 nitrogen and oxygen atoms in total. The third-order valence-corrected chi connectivity index (χ3v) is 17.8. The molecule has 0 atom stereocenters. The maximum absolute atomic E-state index is 11.2. The van der Waals surface area contributed by atoms with Gasteiger partial charge in [-0.25, -0.2) is 28.8 Å². The van der Waals surface area contributed by atoms with Crippen molar-refractivity contribution in [3.63, 3.8) is 0 Å². The monoisotopic (exact) mass is 1580 g/mol. The molecule has 22 heteroatoms. The van der Waals surface area contributed by atoms with E-state index in [0.717, 1.165) is 98.8 Å². The number of para-hydroxylation sites is 6. The Hall–Kier alpha value is -15.4. The summed E-state index contributed by atoms with van der Waals surface area (Å²) in [6, 6.07) is 92.1. The summed E-state index contributed by atoms with van der Waals surface area (Å²) in [5, 5.41) is 97.7. The second-order valence-electron chi connectivity index (χ2n) is 26.2. The summed E-state index contributed by atoms with van der Waals surface area (Å²) >= 11 is 0. The molecule has 6 heterocycles. The van der Waals surface area contributed by atoms with Crippen molar-refractivity contribution in [2.75, 3.05) is 0 Å². The minimum absolute atomic E-state index is 0. The predicted octanol–water partition coefficient (Wildman–Crippen LogP) is 18.8. The van der Waals surface area contributed by atoms with Gasteiger partial charge in [-0.1, -0.05) is 237 Å². The van der Waals surface area contributed by atoms with Gasteiger partial charge in [-0.3, -0.25) is 29.9 Å². The number of fused-ring (bicyclic) bond motifs is 9. The van der Waals surface area contributed by atoms with Crippen molar-refractivity contribution in [1.29, 1.82) is 0 Å². The van der Waals surface area contributed by atoms with E-state index >= 15 is 0 Å². The zero-order chi connectivity index (χ0) is 83.8. The number of rotatable bonds is 6. The van der Waals surface area contributed by atoms with Crippen LogP contribution in [0.25, 0.3) is 97.7 Å². The van der Waals surface area contributed by atoms with Crippen LogP contribution in [0.2, 0.25) is 0 Å². The summed E-state index contributed by atoms with van der Waals surface area (Å²) in [6.07, 6.45) is 0. The van der Waals surface area contributed by atoms with Gasteiger partial charge in [0.2, 0.25) is 0 Å². The summed E-state index contributed by atoms with van der Waals surface area (Å²) in [4.78, 5) is 90.6. The molecule has 6 N–H and O–H groups in total. The first-order chi connectivity index (χ1) is 56.2. The third kappa shape index (κ3) is 22.7. The van der Waals surface area contributed by atoms with Gasteiger partial charge < -0.3 is 46.0 Å². The molecular formula is C96H75AlN6O15. The topological polar surface area (TPSA) is 370 Å². The molecular weight excluding hydrogens is 1500 g/mol. The largest absolute Gasteiger partial charge is 3.00 e. The average molecular weight is 1580 g/mol. The van der Waals surface area contributed by atoms with Crippen molar-refractivity contribution < 1.29 is 74.7 Å². The number of hydrogen-bond donors (Lipinski definition) is 6. The van der Waals surface area contributed by atoms with E-state index in [0.29, 0.717) is 33.1 Å². The van der Waals surface area contributed by atoms with E-state index in [2.05, 4.69) is 29.9 Å². The number of carbonyl (C=O) groups is 6. The number of aromatic carboxylic acids is 6. The summed E-state index contributed by atoms with van der Waals surface area (Å²) in [5.74, 6) is -5.32. The Bertz CT molecular complexity index is 5790. The zero-order valence-electron chi connectivity index (χ0n) is 64.6. The van der Waals surface area contributed by atoms with Crippen LogP contribution in [0.3, 0.4) is 0 Å². The van der Waals surface area contributed by atoms with Crippen LogP contribution in [0, 0.1) is 41.5 Å². The second-order valence-corrected chi connectivity index (χ2v) is 26.2. The number of carboxylic acids is 6. The fourth-order valence-electron chi connectivity index (χ4n) is 12.1. The molecule has 0 fully saturated rings. The van der Waals surface area contributed by atoms with Gasteiger partial charge in [0.05, 0.1) is 66.5 Å². The van der Waals surface area contributed by atoms with Gasteiger partial charge in [-0.15, -0.1) is 17.2 Å². The van der Waals surface area contributed by atoms with Crippen molar-refractivity contribution in [2.24, 2.45) is 0 Å². The summed E-state index contributed by atoms with van der Waals surface area (Å²) in [7, 11) is 0. The van der Waals surface area contributed by atoms with Gasteiger partial charge in [0.15, 0.2) is 0 Å². The molecule has 18 rings (SSSR count). The van der Waals surface area contributed by atoms with Gasteiger partial charge in [-0.2, -0.15) is 0 Å². The molecule has 582 valence electrons. The Labute approximate surface area is 687 Å². The molecule has 0 aliphatic rings. The van der Waals surface area contributed by atoms with E-state index in [1.54, 1.807) is 109 Å². The van der Waals surface area contributed by atoms with Crippen molar-refractivity contribution in [2.45, 2.75) is 41.5 Å². The van der Waals surface area contributed by atoms with Gasteiger partial charge in [0, 0.05) is 66.5 Å². The Kier molecular flexibility index (Phi) is 30.0. The van der Waals surface area contributed by atoms with Gasteiger partial charge in [-0.05, 0) is 147 Å². The number of nitrogens with zero attached hydrogens (tertiary/aromatic N) is 6. The average Bonchev–Trinajstić information content (AvgIpc) is 0.819. The number of aryl methyl sites for hydroxylation is 6. The number of carboxylic acid groups (broad SMARTS) is 6. The Morgan fingerprint density at radius 3 is 0.500 bits per heavy atom. The van der Waals surface area contributed by atoms with Gasteiger partial charge >= 0.3 is 53.2 Å². The first-order valence-corrected chi connectivity index (χ1v) is 36.3. The van der Waals surface area contributed by atoms with E-state index in [1.807, 2.05) is 242 Å². The minimum atomic E-state index is -0.936. The molecule has 6 aromatic heterocycles. The molecule has 0 unspecified atom stereocenters. The quantitative estimate of drug-likeness (QED) is 0.0842. The summed E-state index contributed by atoms with van der Waals surface area (Å²) < 4.78 is 0. The molecule has 0 saturated heterocycles. The van der Waals surface area contributed by atoms with Crippen LogP contribution in [-0.4, -0.2) is 114 Å². The van der Waals surface area contributed by atoms with Crippen molar-refractivity contribution in [1.82, 2.24) is 29.9 Å². The van der Waals surface area contributed by atoms with E-state index in [-0.39, 0.29) is 68.0 Å². The molecule has 12 aromatic carbocycles. The van der Waals surface area contributed by atoms with E-state index < -0.39 is 35.8 Å². The minimum Gasteiger partial charge on any atom is -0.872 e. The number of hydrogen-bond acceptors (Lipinski definition) is 15. The van der Waals surface area contributed by atoms with Crippen molar-refractivity contribution in [3.8, 4) is 17.2 Å². The molecule has 0 aliphatic heterocycles. The summed E-state index contributed by atoms with van der Waals surface area (Å²) in [5.41, 5.74) is 9.82. The number of aromatic nitrogens is 6. The third-order valence-electron chi connectivity index (χ3n) is 17.8. The molecule has 0 aliphatic carbocycles. The molecule has 0 bridgehead atoms. The van der Waals surface area contributed by atoms with Crippen molar-refractivity contribution in [3.05, 3.63) is 377 Å².